The fourth-order valence-electron chi connectivity index (χ4n) is 2.34. The third-order valence-electron chi connectivity index (χ3n) is 3.45. The second kappa shape index (κ2) is 5.42. The van der Waals surface area contributed by atoms with Gasteiger partial charge in [0.15, 0.2) is 0 Å². The molecule has 1 fully saturated rings. The Morgan fingerprint density at radius 2 is 2.10 bits per heavy atom. The Hall–Kier alpha value is -2.21. The van der Waals surface area contributed by atoms with Crippen LogP contribution in [0.1, 0.15) is 23.2 Å². The number of carboxylic acids is 1. The first-order valence-electron chi connectivity index (χ1n) is 6.56. The van der Waals surface area contributed by atoms with E-state index in [9.17, 15) is 4.79 Å². The Labute approximate surface area is 115 Å². The Morgan fingerprint density at radius 3 is 2.85 bits per heavy atom. The quantitative estimate of drug-likeness (QED) is 0.888. The van der Waals surface area contributed by atoms with Gasteiger partial charge in [-0.15, -0.1) is 0 Å². The largest absolute Gasteiger partial charge is 0.478 e. The summed E-state index contributed by atoms with van der Waals surface area (Å²) < 4.78 is 5.33. The van der Waals surface area contributed by atoms with Crippen molar-refractivity contribution in [1.29, 1.82) is 0 Å². The van der Waals surface area contributed by atoms with E-state index in [1.807, 2.05) is 0 Å². The van der Waals surface area contributed by atoms with Crippen LogP contribution < -0.4 is 5.32 Å². The number of benzene rings is 1. The van der Waals surface area contributed by atoms with Crippen LogP contribution in [-0.4, -0.2) is 40.3 Å². The average molecular weight is 273 g/mol. The minimum atomic E-state index is -0.954. The predicted molar refractivity (Wildman–Crippen MR) is 74.0 cm³/mol. The molecule has 1 aromatic carbocycles. The molecule has 104 valence electrons. The lowest BCUT2D eigenvalue weighted by atomic mass is 10.1. The third kappa shape index (κ3) is 2.55. The van der Waals surface area contributed by atoms with E-state index in [0.717, 1.165) is 37.3 Å². The number of hydrogen-bond acceptors (Lipinski definition) is 5. The molecule has 2 N–H and O–H groups in total. The minimum absolute atomic E-state index is 0.230. The average Bonchev–Trinajstić information content (AvgIpc) is 2.48. The molecular formula is C14H15N3O3. The first kappa shape index (κ1) is 12.8. The van der Waals surface area contributed by atoms with Gasteiger partial charge in [0, 0.05) is 24.6 Å². The Balaban J connectivity index is 1.92. The van der Waals surface area contributed by atoms with Gasteiger partial charge >= 0.3 is 5.97 Å². The summed E-state index contributed by atoms with van der Waals surface area (Å²) in [4.78, 5) is 19.4. The molecule has 2 heterocycles. The van der Waals surface area contributed by atoms with E-state index in [0.29, 0.717) is 11.6 Å². The number of nitrogens with zero attached hydrogens (tertiary/aromatic N) is 2. The number of rotatable bonds is 3. The standard InChI is InChI=1S/C14H15N3O3/c18-14(19)9-1-2-11-12(7-9)15-8-16-13(11)17-10-3-5-20-6-4-10/h1-2,7-8,10H,3-6H2,(H,18,19)(H,15,16,17). The maximum Gasteiger partial charge on any atom is 0.335 e. The SMILES string of the molecule is O=C(O)c1ccc2c(NC3CCOCC3)ncnc2c1. The maximum absolute atomic E-state index is 11.0. The van der Waals surface area contributed by atoms with Crippen LogP contribution in [0.4, 0.5) is 5.82 Å². The van der Waals surface area contributed by atoms with E-state index in [2.05, 4.69) is 15.3 Å². The van der Waals surface area contributed by atoms with Gasteiger partial charge in [-0.1, -0.05) is 0 Å². The van der Waals surface area contributed by atoms with Crippen molar-refractivity contribution >= 4 is 22.7 Å². The Kier molecular flexibility index (Phi) is 3.47. The van der Waals surface area contributed by atoms with Crippen molar-refractivity contribution in [3.8, 4) is 0 Å². The first-order valence-corrected chi connectivity index (χ1v) is 6.56. The lowest BCUT2D eigenvalue weighted by Gasteiger charge is -2.24. The fraction of sp³-hybridized carbons (Fsp3) is 0.357. The number of carboxylic acid groups (broad SMARTS) is 1. The monoisotopic (exact) mass is 273 g/mol. The van der Waals surface area contributed by atoms with E-state index < -0.39 is 5.97 Å². The number of aromatic nitrogens is 2. The summed E-state index contributed by atoms with van der Waals surface area (Å²) in [7, 11) is 0. The van der Waals surface area contributed by atoms with Gasteiger partial charge in [-0.2, -0.15) is 0 Å². The summed E-state index contributed by atoms with van der Waals surface area (Å²) in [6.45, 7) is 1.51. The molecule has 0 radical (unpaired) electrons. The summed E-state index contributed by atoms with van der Waals surface area (Å²) in [6, 6.07) is 5.22. The minimum Gasteiger partial charge on any atom is -0.478 e. The van der Waals surface area contributed by atoms with E-state index >= 15 is 0 Å². The Morgan fingerprint density at radius 1 is 1.30 bits per heavy atom. The van der Waals surface area contributed by atoms with E-state index in [1.54, 1.807) is 18.2 Å². The van der Waals surface area contributed by atoms with Crippen molar-refractivity contribution in [1.82, 2.24) is 9.97 Å². The van der Waals surface area contributed by atoms with Crippen molar-refractivity contribution in [2.75, 3.05) is 18.5 Å². The molecule has 6 nitrogen and oxygen atoms in total. The van der Waals surface area contributed by atoms with Crippen LogP contribution >= 0.6 is 0 Å². The van der Waals surface area contributed by atoms with Crippen molar-refractivity contribution < 1.29 is 14.6 Å². The Bertz CT molecular complexity index is 639. The first-order chi connectivity index (χ1) is 9.74. The zero-order valence-corrected chi connectivity index (χ0v) is 10.9. The number of ether oxygens (including phenoxy) is 1. The molecule has 0 atom stereocenters. The number of carbonyl (C=O) groups is 1. The molecule has 1 saturated heterocycles. The molecule has 0 aliphatic carbocycles. The maximum atomic E-state index is 11.0. The molecule has 0 spiro atoms. The van der Waals surface area contributed by atoms with Crippen molar-refractivity contribution in [2.45, 2.75) is 18.9 Å². The zero-order chi connectivity index (χ0) is 13.9. The van der Waals surface area contributed by atoms with E-state index in [-0.39, 0.29) is 5.56 Å². The number of nitrogens with one attached hydrogen (secondary N) is 1. The second-order valence-corrected chi connectivity index (χ2v) is 4.79. The molecule has 3 rings (SSSR count). The summed E-state index contributed by atoms with van der Waals surface area (Å²) in [6.07, 6.45) is 3.34. The lowest BCUT2D eigenvalue weighted by Crippen LogP contribution is -2.28. The van der Waals surface area contributed by atoms with Gasteiger partial charge in [0.25, 0.3) is 0 Å². The smallest absolute Gasteiger partial charge is 0.335 e. The summed E-state index contributed by atoms with van der Waals surface area (Å²) in [5.41, 5.74) is 0.864. The van der Waals surface area contributed by atoms with Gasteiger partial charge in [0.2, 0.25) is 0 Å². The van der Waals surface area contributed by atoms with Gasteiger partial charge in [-0.25, -0.2) is 14.8 Å². The molecule has 20 heavy (non-hydrogen) atoms. The van der Waals surface area contributed by atoms with E-state index in [1.165, 1.54) is 6.33 Å². The number of hydrogen-bond donors (Lipinski definition) is 2. The molecule has 0 amide bonds. The van der Waals surface area contributed by atoms with Crippen LogP contribution in [0.15, 0.2) is 24.5 Å². The highest BCUT2D eigenvalue weighted by molar-refractivity contribution is 5.96. The van der Waals surface area contributed by atoms with Crippen molar-refractivity contribution in [3.63, 3.8) is 0 Å². The van der Waals surface area contributed by atoms with Gasteiger partial charge in [-0.05, 0) is 31.0 Å². The number of fused-ring (bicyclic) bond motifs is 1. The van der Waals surface area contributed by atoms with Crippen LogP contribution in [0.5, 0.6) is 0 Å². The zero-order valence-electron chi connectivity index (χ0n) is 10.9. The summed E-state index contributed by atoms with van der Waals surface area (Å²) in [5.74, 6) is -0.205. The van der Waals surface area contributed by atoms with Crippen LogP contribution in [0.3, 0.4) is 0 Å². The van der Waals surface area contributed by atoms with Crippen LogP contribution in [0.2, 0.25) is 0 Å². The highest BCUT2D eigenvalue weighted by Crippen LogP contribution is 2.22. The molecular weight excluding hydrogens is 258 g/mol. The molecule has 1 aromatic heterocycles. The molecule has 2 aromatic rings. The van der Waals surface area contributed by atoms with Gasteiger partial charge in [0.1, 0.15) is 12.1 Å². The van der Waals surface area contributed by atoms with Gasteiger partial charge in [0.05, 0.1) is 11.1 Å². The number of anilines is 1. The van der Waals surface area contributed by atoms with Crippen molar-refractivity contribution in [3.05, 3.63) is 30.1 Å². The lowest BCUT2D eigenvalue weighted by molar-refractivity contribution is 0.0697. The normalized spacial score (nSPS) is 16.2. The second-order valence-electron chi connectivity index (χ2n) is 4.79. The molecule has 1 aliphatic rings. The topological polar surface area (TPSA) is 84.3 Å². The molecule has 0 unspecified atom stereocenters. The van der Waals surface area contributed by atoms with Crippen LogP contribution in [-0.2, 0) is 4.74 Å². The van der Waals surface area contributed by atoms with Crippen LogP contribution in [0.25, 0.3) is 10.9 Å². The highest BCUT2D eigenvalue weighted by Gasteiger charge is 2.15. The number of aromatic carboxylic acids is 1. The molecule has 6 heteroatoms. The fourth-order valence-corrected chi connectivity index (χ4v) is 2.34. The van der Waals surface area contributed by atoms with E-state index in [4.69, 9.17) is 9.84 Å². The summed E-state index contributed by atoms with van der Waals surface area (Å²) >= 11 is 0. The van der Waals surface area contributed by atoms with Crippen molar-refractivity contribution in [2.24, 2.45) is 0 Å². The predicted octanol–water partition coefficient (Wildman–Crippen LogP) is 1.92. The molecule has 0 bridgehead atoms. The highest BCUT2D eigenvalue weighted by atomic mass is 16.5. The summed E-state index contributed by atoms with van der Waals surface area (Å²) in [5, 5.41) is 13.2. The molecule has 0 saturated carbocycles. The molecule has 1 aliphatic heterocycles. The third-order valence-corrected chi connectivity index (χ3v) is 3.45. The van der Waals surface area contributed by atoms with Crippen LogP contribution in [0, 0.1) is 0 Å². The van der Waals surface area contributed by atoms with Gasteiger partial charge in [-0.3, -0.25) is 0 Å². The van der Waals surface area contributed by atoms with Gasteiger partial charge < -0.3 is 15.2 Å².